The van der Waals surface area contributed by atoms with Gasteiger partial charge in [0, 0.05) is 5.04 Å². The maximum absolute atomic E-state index is 5.32. The summed E-state index contributed by atoms with van der Waals surface area (Å²) in [5, 5.41) is 9.21. The van der Waals surface area contributed by atoms with E-state index in [4.69, 9.17) is 14.8 Å². The van der Waals surface area contributed by atoms with Crippen LogP contribution in [-0.4, -0.2) is 6.10 Å². The van der Waals surface area contributed by atoms with Crippen LogP contribution < -0.4 is 0 Å². The van der Waals surface area contributed by atoms with Gasteiger partial charge in [-0.3, -0.25) is 0 Å². The van der Waals surface area contributed by atoms with Gasteiger partial charge in [0.1, 0.15) is 12.4 Å². The predicted molar refractivity (Wildman–Crippen MR) is 82.8 cm³/mol. The second-order valence-corrected chi connectivity index (χ2v) is 5.42. The molecule has 4 heteroatoms. The quantitative estimate of drug-likeness (QED) is 0.621. The van der Waals surface area contributed by atoms with Crippen LogP contribution in [0, 0.1) is 5.92 Å². The normalized spacial score (nSPS) is 36.4. The van der Waals surface area contributed by atoms with Crippen molar-refractivity contribution in [1.29, 1.82) is 0 Å². The lowest BCUT2D eigenvalue weighted by atomic mass is 9.79. The van der Waals surface area contributed by atoms with Crippen molar-refractivity contribution in [3.63, 3.8) is 0 Å². The molecule has 0 aromatic heterocycles. The first-order valence-corrected chi connectivity index (χ1v) is 7.68. The lowest BCUT2D eigenvalue weighted by Gasteiger charge is -2.28. The van der Waals surface area contributed by atoms with Crippen molar-refractivity contribution in [3.05, 3.63) is 72.1 Å². The fourth-order valence-electron chi connectivity index (χ4n) is 3.01. The molecule has 0 spiro atoms. The zero-order valence-electron chi connectivity index (χ0n) is 12.4. The molecule has 2 atom stereocenters. The second kappa shape index (κ2) is 7.94. The van der Waals surface area contributed by atoms with Crippen molar-refractivity contribution in [2.24, 2.45) is 5.92 Å². The summed E-state index contributed by atoms with van der Waals surface area (Å²) in [7, 11) is 0. The molecule has 1 saturated carbocycles. The van der Waals surface area contributed by atoms with Crippen LogP contribution >= 0.6 is 0 Å². The van der Waals surface area contributed by atoms with E-state index in [1.54, 1.807) is 6.08 Å². The Labute approximate surface area is 130 Å². The van der Waals surface area contributed by atoms with Gasteiger partial charge in [0.15, 0.2) is 0 Å². The molecule has 0 saturated heterocycles. The summed E-state index contributed by atoms with van der Waals surface area (Å²) in [5.41, 5.74) is 2.57. The monoisotopic (exact) mass is 300 g/mol. The first-order chi connectivity index (χ1) is 10.9. The Kier molecular flexibility index (Phi) is 5.42. The molecular weight excluding hydrogens is 280 g/mol. The molecule has 3 aliphatic rings. The van der Waals surface area contributed by atoms with E-state index in [1.165, 1.54) is 31.1 Å². The minimum absolute atomic E-state index is 0.278. The number of hydrogen-bond acceptors (Lipinski definition) is 4. The summed E-state index contributed by atoms with van der Waals surface area (Å²) in [5.74, 6) is 0.444. The van der Waals surface area contributed by atoms with E-state index in [0.29, 0.717) is 5.92 Å². The number of hydrogen-bond donors (Lipinski definition) is 0. The van der Waals surface area contributed by atoms with E-state index in [1.807, 2.05) is 30.4 Å². The van der Waals surface area contributed by atoms with Crippen molar-refractivity contribution < 1.29 is 19.9 Å². The fourth-order valence-corrected chi connectivity index (χ4v) is 3.01. The van der Waals surface area contributed by atoms with Gasteiger partial charge in [-0.05, 0) is 47.9 Å². The van der Waals surface area contributed by atoms with Crippen LogP contribution in [0.4, 0.5) is 0 Å². The van der Waals surface area contributed by atoms with E-state index in [0.717, 1.165) is 12.0 Å². The van der Waals surface area contributed by atoms with Crippen molar-refractivity contribution in [3.8, 4) is 0 Å². The molecule has 1 aliphatic heterocycles. The molecule has 0 amide bonds. The van der Waals surface area contributed by atoms with E-state index >= 15 is 0 Å². The molecule has 0 radical (unpaired) electrons. The van der Waals surface area contributed by atoms with Crippen LogP contribution in [-0.2, 0) is 19.9 Å². The predicted octanol–water partition coefficient (Wildman–Crippen LogP) is 4.42. The Bertz CT molecular complexity index is 551. The van der Waals surface area contributed by atoms with Crippen LogP contribution in [0.25, 0.3) is 0 Å². The van der Waals surface area contributed by atoms with Gasteiger partial charge in [-0.1, -0.05) is 54.5 Å². The lowest BCUT2D eigenvalue weighted by molar-refractivity contribution is -0.625. The summed E-state index contributed by atoms with van der Waals surface area (Å²) in [6, 6.07) is 0. The molecule has 0 N–H and O–H groups in total. The summed E-state index contributed by atoms with van der Waals surface area (Å²) < 4.78 is 0. The molecular formula is C18H20O4. The van der Waals surface area contributed by atoms with Crippen molar-refractivity contribution in [2.45, 2.75) is 31.8 Å². The Balaban J connectivity index is 1.90. The molecule has 0 aromatic carbocycles. The van der Waals surface area contributed by atoms with Crippen molar-refractivity contribution >= 4 is 0 Å². The largest absolute Gasteiger partial charge is 0.314 e. The Morgan fingerprint density at radius 3 is 2.77 bits per heavy atom. The van der Waals surface area contributed by atoms with Gasteiger partial charge in [-0.2, -0.15) is 4.89 Å². The smallest absolute Gasteiger partial charge is 0.140 e. The molecule has 2 unspecified atom stereocenters. The van der Waals surface area contributed by atoms with Gasteiger partial charge < -0.3 is 4.89 Å². The molecule has 2 aliphatic carbocycles. The van der Waals surface area contributed by atoms with Crippen LogP contribution in [0.2, 0.25) is 0 Å². The minimum atomic E-state index is -0.278. The zero-order valence-corrected chi connectivity index (χ0v) is 12.4. The Morgan fingerprint density at radius 1 is 0.864 bits per heavy atom. The summed E-state index contributed by atoms with van der Waals surface area (Å²) >= 11 is 0. The van der Waals surface area contributed by atoms with E-state index < -0.39 is 0 Å². The summed E-state index contributed by atoms with van der Waals surface area (Å²) in [4.78, 5) is 10.0. The lowest BCUT2D eigenvalue weighted by Crippen LogP contribution is -2.20. The van der Waals surface area contributed by atoms with E-state index in [-0.39, 0.29) is 6.10 Å². The van der Waals surface area contributed by atoms with Crippen LogP contribution in [0.15, 0.2) is 72.1 Å². The molecule has 116 valence electrons. The standard InChI is InChI=1S/C18H20O4/c1-2-8-14-19-21-22-20-18-13-7-6-12-17(18)16-11-5-4-10-15(16)9-3-1/h1-3,6-9,12-15,18H,4-5,10-11H2/b2-1+,9-3+,14-8-,17-16-. The average Bonchev–Trinajstić information content (AvgIpc) is 2.57. The minimum Gasteiger partial charge on any atom is -0.314 e. The van der Waals surface area contributed by atoms with Crippen LogP contribution in [0.1, 0.15) is 25.7 Å². The number of allylic oxidation sites excluding steroid dienone is 8. The molecule has 22 heavy (non-hydrogen) atoms. The van der Waals surface area contributed by atoms with Gasteiger partial charge in [-0.15, -0.1) is 0 Å². The van der Waals surface area contributed by atoms with Gasteiger partial charge in [0.25, 0.3) is 0 Å². The Morgan fingerprint density at radius 2 is 1.77 bits per heavy atom. The molecule has 1 heterocycles. The van der Waals surface area contributed by atoms with Gasteiger partial charge in [0.2, 0.25) is 0 Å². The number of fused-ring (bicyclic) bond motifs is 2. The number of rotatable bonds is 0. The van der Waals surface area contributed by atoms with Gasteiger partial charge in [0.05, 0.1) is 0 Å². The first-order valence-electron chi connectivity index (χ1n) is 7.68. The average molecular weight is 300 g/mol. The highest BCUT2D eigenvalue weighted by molar-refractivity contribution is 5.41. The highest BCUT2D eigenvalue weighted by atomic mass is 17.7. The van der Waals surface area contributed by atoms with E-state index in [9.17, 15) is 0 Å². The highest BCUT2D eigenvalue weighted by Gasteiger charge is 2.24. The SMILES string of the molecule is C1=C/C2=C3\CCCCC3/C=C/C=C/C=C\OOOOC2C=C1. The third-order valence-electron chi connectivity index (χ3n) is 4.03. The van der Waals surface area contributed by atoms with Crippen LogP contribution in [0.3, 0.4) is 0 Å². The zero-order chi connectivity index (χ0) is 15.0. The van der Waals surface area contributed by atoms with Crippen molar-refractivity contribution in [2.75, 3.05) is 0 Å². The summed E-state index contributed by atoms with van der Waals surface area (Å²) in [6.45, 7) is 0. The maximum Gasteiger partial charge on any atom is 0.140 e. The fraction of sp³-hybridized carbons (Fsp3) is 0.333. The molecule has 0 aromatic rings. The molecule has 0 bridgehead atoms. The topological polar surface area (TPSA) is 36.9 Å². The van der Waals surface area contributed by atoms with Gasteiger partial charge in [-0.25, -0.2) is 0 Å². The third-order valence-corrected chi connectivity index (χ3v) is 4.03. The molecule has 1 fully saturated rings. The highest BCUT2D eigenvalue weighted by Crippen LogP contribution is 2.35. The maximum atomic E-state index is 5.32. The summed E-state index contributed by atoms with van der Waals surface area (Å²) in [6.07, 6.45) is 23.8. The third kappa shape index (κ3) is 3.85. The van der Waals surface area contributed by atoms with Crippen molar-refractivity contribution in [1.82, 2.24) is 0 Å². The first kappa shape index (κ1) is 15.0. The second-order valence-electron chi connectivity index (χ2n) is 5.42. The molecule has 3 rings (SSSR count). The molecule has 4 nitrogen and oxygen atoms in total. The Hall–Kier alpha value is -1.88. The van der Waals surface area contributed by atoms with Gasteiger partial charge >= 0.3 is 0 Å². The van der Waals surface area contributed by atoms with Crippen LogP contribution in [0.5, 0.6) is 0 Å². The van der Waals surface area contributed by atoms with E-state index in [2.05, 4.69) is 23.3 Å².